The molecule has 1 heterocycles. The Kier molecular flexibility index (Phi) is 8.89. The molecule has 1 aliphatic carbocycles. The van der Waals surface area contributed by atoms with Gasteiger partial charge in [-0.2, -0.15) is 0 Å². The summed E-state index contributed by atoms with van der Waals surface area (Å²) in [6.07, 6.45) is 6.11. The van der Waals surface area contributed by atoms with Crippen LogP contribution in [0.25, 0.3) is 0 Å². The van der Waals surface area contributed by atoms with Crippen LogP contribution in [0.3, 0.4) is 0 Å². The van der Waals surface area contributed by atoms with Crippen LogP contribution >= 0.6 is 24.0 Å². The van der Waals surface area contributed by atoms with Crippen molar-refractivity contribution in [1.82, 2.24) is 15.1 Å². The van der Waals surface area contributed by atoms with Gasteiger partial charge in [-0.25, -0.2) is 0 Å². The van der Waals surface area contributed by atoms with Crippen LogP contribution in [-0.2, 0) is 0 Å². The first-order valence-corrected chi connectivity index (χ1v) is 8.12. The highest BCUT2D eigenvalue weighted by atomic mass is 127. The number of likely N-dealkylation sites (tertiary alicyclic amines) is 1. The number of aliphatic imine (C=N–C) groups is 1. The van der Waals surface area contributed by atoms with Gasteiger partial charge < -0.3 is 20.2 Å². The lowest BCUT2D eigenvalue weighted by Crippen LogP contribution is -2.41. The second-order valence-corrected chi connectivity index (χ2v) is 6.04. The summed E-state index contributed by atoms with van der Waals surface area (Å²) in [5.74, 6) is 0.962. The molecule has 2 aliphatic rings. The predicted octanol–water partition coefficient (Wildman–Crippen LogP) is 1.51. The Morgan fingerprint density at radius 3 is 2.62 bits per heavy atom. The molecule has 0 amide bonds. The van der Waals surface area contributed by atoms with E-state index in [-0.39, 0.29) is 30.1 Å². The molecule has 5 nitrogen and oxygen atoms in total. The van der Waals surface area contributed by atoms with Crippen LogP contribution in [0.4, 0.5) is 0 Å². The van der Waals surface area contributed by atoms with Gasteiger partial charge in [0, 0.05) is 32.2 Å². The molecule has 0 aromatic rings. The van der Waals surface area contributed by atoms with Gasteiger partial charge in [-0.05, 0) is 33.2 Å². The van der Waals surface area contributed by atoms with Crippen LogP contribution in [-0.4, -0.2) is 72.8 Å². The number of nitrogens with zero attached hydrogens (tertiary/aromatic N) is 3. The number of rotatable bonds is 5. The summed E-state index contributed by atoms with van der Waals surface area (Å²) in [6, 6.07) is 0.765. The molecule has 1 saturated carbocycles. The third-order valence-corrected chi connectivity index (χ3v) is 4.46. The zero-order valence-electron chi connectivity index (χ0n) is 13.4. The third-order valence-electron chi connectivity index (χ3n) is 4.46. The van der Waals surface area contributed by atoms with Gasteiger partial charge in [-0.15, -0.1) is 24.0 Å². The van der Waals surface area contributed by atoms with E-state index in [1.807, 2.05) is 0 Å². The lowest BCUT2D eigenvalue weighted by atomic mass is 10.2. The van der Waals surface area contributed by atoms with E-state index in [1.165, 1.54) is 25.7 Å². The van der Waals surface area contributed by atoms with Crippen molar-refractivity contribution in [3.63, 3.8) is 0 Å². The van der Waals surface area contributed by atoms with Crippen molar-refractivity contribution in [2.75, 3.05) is 39.8 Å². The minimum atomic E-state index is -0.194. The van der Waals surface area contributed by atoms with Gasteiger partial charge in [0.25, 0.3) is 0 Å². The lowest BCUT2D eigenvalue weighted by molar-refractivity contribution is 0.187. The number of β-amino-alcohol motifs (C(OH)–C–C–N with tert-alkyl or cyclic N) is 1. The fourth-order valence-electron chi connectivity index (χ4n) is 3.20. The number of nitrogens with one attached hydrogen (secondary N) is 1. The Hall–Kier alpha value is -0.0800. The highest BCUT2D eigenvalue weighted by Gasteiger charge is 2.23. The van der Waals surface area contributed by atoms with Crippen molar-refractivity contribution in [2.45, 2.75) is 51.2 Å². The quantitative estimate of drug-likeness (QED) is 0.410. The first kappa shape index (κ1) is 19.0. The van der Waals surface area contributed by atoms with E-state index in [0.29, 0.717) is 6.54 Å². The minimum absolute atomic E-state index is 0. The van der Waals surface area contributed by atoms with Gasteiger partial charge >= 0.3 is 0 Å². The van der Waals surface area contributed by atoms with Crippen LogP contribution in [0.2, 0.25) is 0 Å². The SMILES string of the molecule is CCNC(=NCCN(C)C1CCCC1)N1CC[C@@H](O)C1.I. The number of guanidine groups is 1. The van der Waals surface area contributed by atoms with Gasteiger partial charge in [0.2, 0.25) is 0 Å². The number of aliphatic hydroxyl groups is 1. The minimum Gasteiger partial charge on any atom is -0.391 e. The van der Waals surface area contributed by atoms with Crippen molar-refractivity contribution in [2.24, 2.45) is 4.99 Å². The van der Waals surface area contributed by atoms with E-state index in [0.717, 1.165) is 44.6 Å². The van der Waals surface area contributed by atoms with Crippen molar-refractivity contribution >= 4 is 29.9 Å². The molecule has 0 aromatic heterocycles. The van der Waals surface area contributed by atoms with Crippen molar-refractivity contribution < 1.29 is 5.11 Å². The average molecular weight is 410 g/mol. The first-order valence-electron chi connectivity index (χ1n) is 8.12. The summed E-state index contributed by atoms with van der Waals surface area (Å²) in [6.45, 7) is 6.45. The van der Waals surface area contributed by atoms with Crippen LogP contribution in [0.1, 0.15) is 39.0 Å². The topological polar surface area (TPSA) is 51.1 Å². The third kappa shape index (κ3) is 5.90. The van der Waals surface area contributed by atoms with E-state index >= 15 is 0 Å². The lowest BCUT2D eigenvalue weighted by Gasteiger charge is -2.24. The van der Waals surface area contributed by atoms with Gasteiger partial charge in [0.1, 0.15) is 0 Å². The molecule has 21 heavy (non-hydrogen) atoms. The molecule has 1 atom stereocenters. The Labute approximate surface area is 146 Å². The van der Waals surface area contributed by atoms with Crippen molar-refractivity contribution in [1.29, 1.82) is 0 Å². The second-order valence-electron chi connectivity index (χ2n) is 6.04. The molecule has 1 aliphatic heterocycles. The molecule has 2 N–H and O–H groups in total. The van der Waals surface area contributed by atoms with E-state index in [1.54, 1.807) is 0 Å². The molecule has 0 aromatic carbocycles. The normalized spacial score (nSPS) is 23.7. The summed E-state index contributed by atoms with van der Waals surface area (Å²) in [5.41, 5.74) is 0. The van der Waals surface area contributed by atoms with E-state index in [2.05, 4.69) is 29.1 Å². The first-order chi connectivity index (χ1) is 9.70. The number of hydrogen-bond donors (Lipinski definition) is 2. The highest BCUT2D eigenvalue weighted by molar-refractivity contribution is 14.0. The molecular weight excluding hydrogens is 379 g/mol. The zero-order valence-corrected chi connectivity index (χ0v) is 15.8. The maximum Gasteiger partial charge on any atom is 0.194 e. The number of aliphatic hydroxyl groups excluding tert-OH is 1. The maximum atomic E-state index is 9.64. The molecule has 2 fully saturated rings. The summed E-state index contributed by atoms with van der Waals surface area (Å²) in [7, 11) is 2.22. The Morgan fingerprint density at radius 2 is 2.05 bits per heavy atom. The van der Waals surface area contributed by atoms with Gasteiger partial charge in [0.05, 0.1) is 12.6 Å². The van der Waals surface area contributed by atoms with E-state index in [9.17, 15) is 5.11 Å². The predicted molar refractivity (Wildman–Crippen MR) is 98.5 cm³/mol. The average Bonchev–Trinajstić information content (AvgIpc) is 3.08. The van der Waals surface area contributed by atoms with Crippen LogP contribution in [0, 0.1) is 0 Å². The molecular formula is C15H31IN4O. The molecule has 124 valence electrons. The second kappa shape index (κ2) is 9.84. The highest BCUT2D eigenvalue weighted by Crippen LogP contribution is 2.21. The van der Waals surface area contributed by atoms with E-state index < -0.39 is 0 Å². The zero-order chi connectivity index (χ0) is 14.4. The van der Waals surface area contributed by atoms with Crippen molar-refractivity contribution in [3.05, 3.63) is 0 Å². The molecule has 1 saturated heterocycles. The fraction of sp³-hybridized carbons (Fsp3) is 0.933. The molecule has 6 heteroatoms. The maximum absolute atomic E-state index is 9.64. The molecule has 0 radical (unpaired) electrons. The Morgan fingerprint density at radius 1 is 1.33 bits per heavy atom. The fourth-order valence-corrected chi connectivity index (χ4v) is 3.20. The molecule has 2 rings (SSSR count). The Balaban J connectivity index is 0.00000220. The molecule has 0 bridgehead atoms. The number of halogens is 1. The summed E-state index contributed by atoms with van der Waals surface area (Å²) < 4.78 is 0. The summed E-state index contributed by atoms with van der Waals surface area (Å²) in [4.78, 5) is 9.35. The molecule has 0 unspecified atom stereocenters. The monoisotopic (exact) mass is 410 g/mol. The van der Waals surface area contributed by atoms with Crippen LogP contribution in [0.15, 0.2) is 4.99 Å². The van der Waals surface area contributed by atoms with Gasteiger partial charge in [0.15, 0.2) is 5.96 Å². The Bertz CT molecular complexity index is 321. The van der Waals surface area contributed by atoms with Gasteiger partial charge in [-0.1, -0.05) is 12.8 Å². The van der Waals surface area contributed by atoms with Crippen LogP contribution in [0.5, 0.6) is 0 Å². The number of hydrogen-bond acceptors (Lipinski definition) is 3. The summed E-state index contributed by atoms with van der Waals surface area (Å²) in [5, 5.41) is 13.0. The van der Waals surface area contributed by atoms with E-state index in [4.69, 9.17) is 4.99 Å². The smallest absolute Gasteiger partial charge is 0.194 e. The standard InChI is InChI=1S/C15H30N4O.HI/c1-3-16-15(19-10-8-14(20)12-19)17-9-11-18(2)13-6-4-5-7-13;/h13-14,20H,3-12H2,1-2H3,(H,16,17);1H/t14-;/m1./s1. The van der Waals surface area contributed by atoms with Crippen LogP contribution < -0.4 is 5.32 Å². The largest absolute Gasteiger partial charge is 0.391 e. The van der Waals surface area contributed by atoms with Crippen molar-refractivity contribution in [3.8, 4) is 0 Å². The number of likely N-dealkylation sites (N-methyl/N-ethyl adjacent to an activating group) is 1. The molecule has 0 spiro atoms. The summed E-state index contributed by atoms with van der Waals surface area (Å²) >= 11 is 0. The van der Waals surface area contributed by atoms with Gasteiger partial charge in [-0.3, -0.25) is 4.99 Å².